The molecular formula is C16H22N2O4. The molecule has 0 bridgehead atoms. The number of nitro groups is 1. The van der Waals surface area contributed by atoms with Crippen molar-refractivity contribution in [1.82, 2.24) is 4.90 Å². The van der Waals surface area contributed by atoms with Gasteiger partial charge in [-0.15, -0.1) is 0 Å². The zero-order valence-corrected chi connectivity index (χ0v) is 13.1. The number of aryl methyl sites for hydroxylation is 1. The minimum absolute atomic E-state index is 0.0950. The third-order valence-corrected chi connectivity index (χ3v) is 4.08. The Bertz CT molecular complexity index is 559. The minimum atomic E-state index is -0.491. The van der Waals surface area contributed by atoms with Gasteiger partial charge >= 0.3 is 5.69 Å². The molecule has 0 aromatic heterocycles. The van der Waals surface area contributed by atoms with Crippen LogP contribution >= 0.6 is 0 Å². The van der Waals surface area contributed by atoms with Gasteiger partial charge in [0.15, 0.2) is 12.4 Å². The van der Waals surface area contributed by atoms with Crippen molar-refractivity contribution in [2.75, 3.05) is 13.2 Å². The van der Waals surface area contributed by atoms with Crippen molar-refractivity contribution < 1.29 is 14.5 Å². The topological polar surface area (TPSA) is 72.7 Å². The molecule has 0 saturated carbocycles. The van der Waals surface area contributed by atoms with Gasteiger partial charge in [0, 0.05) is 18.7 Å². The Morgan fingerprint density at radius 2 is 2.23 bits per heavy atom. The fraction of sp³-hybridized carbons (Fsp3) is 0.562. The molecule has 120 valence electrons. The normalized spacial score (nSPS) is 18.1. The highest BCUT2D eigenvalue weighted by Gasteiger charge is 2.26. The summed E-state index contributed by atoms with van der Waals surface area (Å²) in [6.45, 7) is 4.50. The summed E-state index contributed by atoms with van der Waals surface area (Å²) in [6, 6.07) is 4.92. The molecule has 6 heteroatoms. The summed E-state index contributed by atoms with van der Waals surface area (Å²) in [6.07, 6.45) is 4.10. The maximum Gasteiger partial charge on any atom is 0.310 e. The molecule has 1 aliphatic heterocycles. The number of benzene rings is 1. The number of rotatable bonds is 5. The minimum Gasteiger partial charge on any atom is -0.477 e. The second kappa shape index (κ2) is 7.24. The van der Waals surface area contributed by atoms with Gasteiger partial charge in [0.25, 0.3) is 5.91 Å². The summed E-state index contributed by atoms with van der Waals surface area (Å²) < 4.78 is 5.45. The number of nitrogens with zero attached hydrogens (tertiary/aromatic N) is 2. The first-order valence-corrected chi connectivity index (χ1v) is 7.70. The lowest BCUT2D eigenvalue weighted by Gasteiger charge is -2.35. The summed E-state index contributed by atoms with van der Waals surface area (Å²) in [5, 5.41) is 11.0. The van der Waals surface area contributed by atoms with E-state index in [4.69, 9.17) is 4.74 Å². The molecule has 0 spiro atoms. The summed E-state index contributed by atoms with van der Waals surface area (Å²) >= 11 is 0. The summed E-state index contributed by atoms with van der Waals surface area (Å²) in [5.41, 5.74) is 0.751. The number of piperidine rings is 1. The fourth-order valence-corrected chi connectivity index (χ4v) is 2.86. The van der Waals surface area contributed by atoms with Gasteiger partial charge in [-0.05, 0) is 44.2 Å². The van der Waals surface area contributed by atoms with E-state index in [0.717, 1.165) is 37.8 Å². The molecule has 22 heavy (non-hydrogen) atoms. The number of hydrogen-bond acceptors (Lipinski definition) is 4. The van der Waals surface area contributed by atoms with Gasteiger partial charge in [0.05, 0.1) is 4.92 Å². The zero-order chi connectivity index (χ0) is 16.1. The van der Waals surface area contributed by atoms with Crippen LogP contribution in [0.15, 0.2) is 18.2 Å². The molecule has 1 amide bonds. The lowest BCUT2D eigenvalue weighted by atomic mass is 10.00. The lowest BCUT2D eigenvalue weighted by Crippen LogP contribution is -2.45. The van der Waals surface area contributed by atoms with Crippen LogP contribution in [0.2, 0.25) is 0 Å². The Hall–Kier alpha value is -2.11. The van der Waals surface area contributed by atoms with Crippen LogP contribution in [0.5, 0.6) is 5.75 Å². The molecule has 1 saturated heterocycles. The quantitative estimate of drug-likeness (QED) is 0.619. The molecular weight excluding hydrogens is 284 g/mol. The number of amides is 1. The second-order valence-corrected chi connectivity index (χ2v) is 5.66. The van der Waals surface area contributed by atoms with E-state index in [1.54, 1.807) is 12.1 Å². The van der Waals surface area contributed by atoms with E-state index in [2.05, 4.69) is 6.92 Å². The van der Waals surface area contributed by atoms with Crippen LogP contribution in [-0.4, -0.2) is 34.9 Å². The molecule has 1 fully saturated rings. The standard InChI is InChI=1S/C16H22N2O4/c1-3-13-6-4-5-9-17(13)16(19)11-22-15-10-12(2)7-8-14(15)18(20)21/h7-8,10,13H,3-6,9,11H2,1-2H3. The van der Waals surface area contributed by atoms with Crippen LogP contribution in [0.25, 0.3) is 0 Å². The molecule has 1 aromatic carbocycles. The monoisotopic (exact) mass is 306 g/mol. The first-order chi connectivity index (χ1) is 10.5. The van der Waals surface area contributed by atoms with Gasteiger partial charge in [-0.1, -0.05) is 13.0 Å². The van der Waals surface area contributed by atoms with E-state index < -0.39 is 4.92 Å². The summed E-state index contributed by atoms with van der Waals surface area (Å²) in [5.74, 6) is 0.0609. The number of nitro benzene ring substituents is 1. The van der Waals surface area contributed by atoms with E-state index in [1.807, 2.05) is 11.8 Å². The largest absolute Gasteiger partial charge is 0.477 e. The predicted octanol–water partition coefficient (Wildman–Crippen LogP) is 3.07. The van der Waals surface area contributed by atoms with Crippen LogP contribution in [0.3, 0.4) is 0 Å². The molecule has 1 aromatic rings. The first kappa shape index (κ1) is 16.3. The Balaban J connectivity index is 2.04. The van der Waals surface area contributed by atoms with Gasteiger partial charge in [-0.25, -0.2) is 0 Å². The van der Waals surface area contributed by atoms with Crippen molar-refractivity contribution in [3.8, 4) is 5.75 Å². The molecule has 1 aliphatic rings. The summed E-state index contributed by atoms with van der Waals surface area (Å²) in [7, 11) is 0. The van der Waals surface area contributed by atoms with Gasteiger partial charge < -0.3 is 9.64 Å². The third kappa shape index (κ3) is 3.75. The molecule has 1 atom stereocenters. The van der Waals surface area contributed by atoms with Crippen molar-refractivity contribution in [1.29, 1.82) is 0 Å². The Morgan fingerprint density at radius 3 is 2.91 bits per heavy atom. The van der Waals surface area contributed by atoms with Crippen molar-refractivity contribution >= 4 is 11.6 Å². The van der Waals surface area contributed by atoms with Gasteiger partial charge in [0.2, 0.25) is 0 Å². The van der Waals surface area contributed by atoms with Crippen molar-refractivity contribution in [3.63, 3.8) is 0 Å². The van der Waals surface area contributed by atoms with Gasteiger partial charge in [-0.2, -0.15) is 0 Å². The van der Waals surface area contributed by atoms with E-state index in [1.165, 1.54) is 6.07 Å². The van der Waals surface area contributed by atoms with Crippen molar-refractivity contribution in [3.05, 3.63) is 33.9 Å². The van der Waals surface area contributed by atoms with E-state index in [0.29, 0.717) is 0 Å². The maximum absolute atomic E-state index is 12.3. The highest BCUT2D eigenvalue weighted by Crippen LogP contribution is 2.28. The average Bonchev–Trinajstić information content (AvgIpc) is 2.52. The number of likely N-dealkylation sites (tertiary alicyclic amines) is 1. The number of carbonyl (C=O) groups excluding carboxylic acids is 1. The number of ether oxygens (including phenoxy) is 1. The highest BCUT2D eigenvalue weighted by atomic mass is 16.6. The highest BCUT2D eigenvalue weighted by molar-refractivity contribution is 5.78. The van der Waals surface area contributed by atoms with E-state index in [-0.39, 0.29) is 30.0 Å². The summed E-state index contributed by atoms with van der Waals surface area (Å²) in [4.78, 5) is 24.7. The maximum atomic E-state index is 12.3. The predicted molar refractivity (Wildman–Crippen MR) is 83.0 cm³/mol. The van der Waals surface area contributed by atoms with Crippen LogP contribution in [0.4, 0.5) is 5.69 Å². The van der Waals surface area contributed by atoms with Gasteiger partial charge in [-0.3, -0.25) is 14.9 Å². The third-order valence-electron chi connectivity index (χ3n) is 4.08. The molecule has 6 nitrogen and oxygen atoms in total. The number of hydrogen-bond donors (Lipinski definition) is 0. The van der Waals surface area contributed by atoms with E-state index in [9.17, 15) is 14.9 Å². The average molecular weight is 306 g/mol. The van der Waals surface area contributed by atoms with Gasteiger partial charge in [0.1, 0.15) is 0 Å². The lowest BCUT2D eigenvalue weighted by molar-refractivity contribution is -0.385. The van der Waals surface area contributed by atoms with E-state index >= 15 is 0 Å². The van der Waals surface area contributed by atoms with Crippen LogP contribution in [0.1, 0.15) is 38.2 Å². The second-order valence-electron chi connectivity index (χ2n) is 5.66. The zero-order valence-electron chi connectivity index (χ0n) is 13.1. The smallest absolute Gasteiger partial charge is 0.310 e. The van der Waals surface area contributed by atoms with Crippen molar-refractivity contribution in [2.24, 2.45) is 0 Å². The first-order valence-electron chi connectivity index (χ1n) is 7.70. The molecule has 2 rings (SSSR count). The Kier molecular flexibility index (Phi) is 5.35. The van der Waals surface area contributed by atoms with Crippen LogP contribution in [0, 0.1) is 17.0 Å². The number of carbonyl (C=O) groups is 1. The van der Waals surface area contributed by atoms with Crippen LogP contribution in [-0.2, 0) is 4.79 Å². The molecule has 0 aliphatic carbocycles. The molecule has 1 heterocycles. The Morgan fingerprint density at radius 1 is 1.45 bits per heavy atom. The fourth-order valence-electron chi connectivity index (χ4n) is 2.86. The molecule has 0 radical (unpaired) electrons. The van der Waals surface area contributed by atoms with Crippen molar-refractivity contribution in [2.45, 2.75) is 45.6 Å². The SMILES string of the molecule is CCC1CCCCN1C(=O)COc1cc(C)ccc1[N+](=O)[O-]. The molecule has 1 unspecified atom stereocenters. The Labute approximate surface area is 130 Å². The van der Waals surface area contributed by atoms with Crippen LogP contribution < -0.4 is 4.74 Å². The molecule has 0 N–H and O–H groups in total.